The minimum absolute atomic E-state index is 0.0831. The van der Waals surface area contributed by atoms with E-state index in [1.807, 2.05) is 34.5 Å². The molecule has 1 aromatic carbocycles. The van der Waals surface area contributed by atoms with Gasteiger partial charge >= 0.3 is 0 Å². The molecule has 3 N–H and O–H groups in total. The van der Waals surface area contributed by atoms with Crippen molar-refractivity contribution in [1.82, 2.24) is 4.90 Å². The third kappa shape index (κ3) is 3.72. The Balaban J connectivity index is 1.70. The van der Waals surface area contributed by atoms with Crippen LogP contribution in [-0.2, 0) is 13.0 Å². The lowest BCUT2D eigenvalue weighted by Crippen LogP contribution is -2.35. The van der Waals surface area contributed by atoms with Crippen LogP contribution in [0, 0.1) is 0 Å². The average molecular weight is 332 g/mol. The number of rotatable bonds is 5. The number of nitrogens with zero attached hydrogens (tertiary/aromatic N) is 1. The number of aliphatic hydroxyl groups is 2. The van der Waals surface area contributed by atoms with E-state index in [2.05, 4.69) is 11.4 Å². The summed E-state index contributed by atoms with van der Waals surface area (Å²) in [5, 5.41) is 23.3. The summed E-state index contributed by atoms with van der Waals surface area (Å²) in [6.07, 6.45) is 0.0781. The number of hydrogen-bond donors (Lipinski definition) is 3. The Labute approximate surface area is 139 Å². The number of amides is 1. The molecule has 1 aliphatic rings. The van der Waals surface area contributed by atoms with Crippen LogP contribution in [-0.4, -0.2) is 46.8 Å². The number of benzene rings is 1. The average Bonchev–Trinajstić information content (AvgIpc) is 3.12. The van der Waals surface area contributed by atoms with Crippen molar-refractivity contribution in [1.29, 1.82) is 0 Å². The topological polar surface area (TPSA) is 72.8 Å². The van der Waals surface area contributed by atoms with Crippen molar-refractivity contribution in [2.75, 3.05) is 25.0 Å². The van der Waals surface area contributed by atoms with Crippen molar-refractivity contribution in [3.05, 3.63) is 51.7 Å². The summed E-state index contributed by atoms with van der Waals surface area (Å²) < 4.78 is 0. The zero-order chi connectivity index (χ0) is 16.2. The molecule has 23 heavy (non-hydrogen) atoms. The van der Waals surface area contributed by atoms with Gasteiger partial charge in [0.25, 0.3) is 5.91 Å². The smallest absolute Gasteiger partial charge is 0.264 e. The number of fused-ring (bicyclic) bond motifs is 1. The summed E-state index contributed by atoms with van der Waals surface area (Å²) in [6.45, 7) is 1.37. The van der Waals surface area contributed by atoms with Gasteiger partial charge in [0, 0.05) is 25.3 Å². The molecule has 0 bridgehead atoms. The van der Waals surface area contributed by atoms with Crippen LogP contribution in [0.2, 0.25) is 0 Å². The highest BCUT2D eigenvalue weighted by Gasteiger charge is 2.22. The predicted molar refractivity (Wildman–Crippen MR) is 90.8 cm³/mol. The molecule has 1 atom stereocenters. The first-order valence-electron chi connectivity index (χ1n) is 7.64. The van der Waals surface area contributed by atoms with Gasteiger partial charge in [-0.15, -0.1) is 11.3 Å². The molecule has 1 unspecified atom stereocenters. The second-order valence-corrected chi connectivity index (χ2v) is 6.60. The van der Waals surface area contributed by atoms with Crippen LogP contribution in [0.4, 0.5) is 5.69 Å². The normalized spacial score (nSPS) is 15.1. The fourth-order valence-corrected chi connectivity index (χ4v) is 3.39. The van der Waals surface area contributed by atoms with Gasteiger partial charge in [0.1, 0.15) is 0 Å². The van der Waals surface area contributed by atoms with Crippen LogP contribution in [0.5, 0.6) is 0 Å². The van der Waals surface area contributed by atoms with Crippen LogP contribution in [0.25, 0.3) is 0 Å². The minimum Gasteiger partial charge on any atom is -0.394 e. The predicted octanol–water partition coefficient (Wildman–Crippen LogP) is 1.71. The summed E-state index contributed by atoms with van der Waals surface area (Å²) in [5.41, 5.74) is 3.28. The standard InChI is InChI=1S/C17H20N2O3S/c20-11-15(21)9-18-14-4-3-12-5-6-19(10-13(12)8-14)17(22)16-2-1-7-23-16/h1-4,7-8,15,18,20-21H,5-6,9-11H2. The summed E-state index contributed by atoms with van der Waals surface area (Å²) >= 11 is 1.47. The molecule has 1 aromatic heterocycles. The van der Waals surface area contributed by atoms with E-state index in [-0.39, 0.29) is 12.5 Å². The maximum Gasteiger partial charge on any atom is 0.264 e. The minimum atomic E-state index is -0.775. The van der Waals surface area contributed by atoms with E-state index in [9.17, 15) is 9.90 Å². The van der Waals surface area contributed by atoms with Crippen molar-refractivity contribution in [2.45, 2.75) is 19.1 Å². The van der Waals surface area contributed by atoms with E-state index in [4.69, 9.17) is 5.11 Å². The maximum absolute atomic E-state index is 12.5. The highest BCUT2D eigenvalue weighted by atomic mass is 32.1. The summed E-state index contributed by atoms with van der Waals surface area (Å²) in [4.78, 5) is 15.1. The monoisotopic (exact) mass is 332 g/mol. The largest absolute Gasteiger partial charge is 0.394 e. The summed E-state index contributed by atoms with van der Waals surface area (Å²) in [7, 11) is 0. The van der Waals surface area contributed by atoms with Crippen LogP contribution in [0.3, 0.4) is 0 Å². The van der Waals surface area contributed by atoms with Gasteiger partial charge in [-0.25, -0.2) is 0 Å². The van der Waals surface area contributed by atoms with E-state index in [1.54, 1.807) is 0 Å². The number of carbonyl (C=O) groups excluding carboxylic acids is 1. The molecule has 0 aliphatic carbocycles. The van der Waals surface area contributed by atoms with Crippen molar-refractivity contribution in [3.63, 3.8) is 0 Å². The molecular formula is C17H20N2O3S. The maximum atomic E-state index is 12.5. The van der Waals surface area contributed by atoms with E-state index in [1.165, 1.54) is 16.9 Å². The van der Waals surface area contributed by atoms with E-state index in [0.717, 1.165) is 29.1 Å². The zero-order valence-corrected chi connectivity index (χ0v) is 13.6. The molecule has 5 nitrogen and oxygen atoms in total. The van der Waals surface area contributed by atoms with Gasteiger partial charge in [0.2, 0.25) is 0 Å². The summed E-state index contributed by atoms with van der Waals surface area (Å²) in [5.74, 6) is 0.0831. The molecule has 1 amide bonds. The lowest BCUT2D eigenvalue weighted by Gasteiger charge is -2.29. The number of aliphatic hydroxyl groups excluding tert-OH is 2. The third-order valence-electron chi connectivity index (χ3n) is 3.99. The molecule has 122 valence electrons. The second kappa shape index (κ2) is 7.12. The van der Waals surface area contributed by atoms with Gasteiger partial charge in [-0.3, -0.25) is 4.79 Å². The van der Waals surface area contributed by atoms with Crippen LogP contribution < -0.4 is 5.32 Å². The molecule has 0 radical (unpaired) electrons. The van der Waals surface area contributed by atoms with Crippen molar-refractivity contribution >= 4 is 22.9 Å². The Morgan fingerprint density at radius 1 is 1.35 bits per heavy atom. The van der Waals surface area contributed by atoms with Crippen LogP contribution >= 0.6 is 11.3 Å². The molecule has 1 aliphatic heterocycles. The second-order valence-electron chi connectivity index (χ2n) is 5.65. The van der Waals surface area contributed by atoms with Gasteiger partial charge in [-0.2, -0.15) is 0 Å². The number of nitrogens with one attached hydrogen (secondary N) is 1. The van der Waals surface area contributed by atoms with E-state index < -0.39 is 6.10 Å². The molecule has 0 fully saturated rings. The van der Waals surface area contributed by atoms with Gasteiger partial charge in [0.05, 0.1) is 17.6 Å². The summed E-state index contributed by atoms with van der Waals surface area (Å²) in [6, 6.07) is 9.81. The number of thiophene rings is 1. The van der Waals surface area contributed by atoms with Crippen LogP contribution in [0.1, 0.15) is 20.8 Å². The van der Waals surface area contributed by atoms with Crippen molar-refractivity contribution < 1.29 is 15.0 Å². The Morgan fingerprint density at radius 2 is 2.22 bits per heavy atom. The number of hydrogen-bond acceptors (Lipinski definition) is 5. The van der Waals surface area contributed by atoms with Gasteiger partial charge in [-0.1, -0.05) is 12.1 Å². The fraction of sp³-hybridized carbons (Fsp3) is 0.353. The molecular weight excluding hydrogens is 312 g/mol. The van der Waals surface area contributed by atoms with Gasteiger partial charge in [-0.05, 0) is 41.1 Å². The number of anilines is 1. The lowest BCUT2D eigenvalue weighted by molar-refractivity contribution is 0.0739. The van der Waals surface area contributed by atoms with E-state index in [0.29, 0.717) is 13.1 Å². The van der Waals surface area contributed by atoms with Crippen molar-refractivity contribution in [2.24, 2.45) is 0 Å². The zero-order valence-electron chi connectivity index (χ0n) is 12.7. The lowest BCUT2D eigenvalue weighted by atomic mass is 9.99. The van der Waals surface area contributed by atoms with Gasteiger partial charge < -0.3 is 20.4 Å². The molecule has 2 heterocycles. The van der Waals surface area contributed by atoms with Gasteiger partial charge in [0.15, 0.2) is 0 Å². The quantitative estimate of drug-likeness (QED) is 0.779. The Bertz CT molecular complexity index is 672. The Morgan fingerprint density at radius 3 is 2.96 bits per heavy atom. The molecule has 0 saturated heterocycles. The third-order valence-corrected chi connectivity index (χ3v) is 4.85. The molecule has 3 rings (SSSR count). The molecule has 0 spiro atoms. The highest BCUT2D eigenvalue weighted by Crippen LogP contribution is 2.24. The molecule has 2 aromatic rings. The van der Waals surface area contributed by atoms with Crippen molar-refractivity contribution in [3.8, 4) is 0 Å². The molecule has 6 heteroatoms. The van der Waals surface area contributed by atoms with E-state index >= 15 is 0 Å². The van der Waals surface area contributed by atoms with Crippen LogP contribution in [0.15, 0.2) is 35.7 Å². The SMILES string of the molecule is O=C(c1cccs1)N1CCc2ccc(NCC(O)CO)cc2C1. The Hall–Kier alpha value is -1.89. The molecule has 0 saturated carbocycles. The fourth-order valence-electron chi connectivity index (χ4n) is 2.70. The Kier molecular flexibility index (Phi) is 4.95. The first-order valence-corrected chi connectivity index (χ1v) is 8.52. The first kappa shape index (κ1) is 16.0. The number of carbonyl (C=O) groups is 1. The first-order chi connectivity index (χ1) is 11.2. The highest BCUT2D eigenvalue weighted by molar-refractivity contribution is 7.12.